The van der Waals surface area contributed by atoms with E-state index in [1.54, 1.807) is 0 Å². The fraction of sp³-hybridized carbons (Fsp3) is 1.00. The molecule has 2 aliphatic carbocycles. The average Bonchev–Trinajstić information content (AvgIpc) is 2.54. The molecule has 0 bridgehead atoms. The smallest absolute Gasteiger partial charge is 0.0646 e. The van der Waals surface area contributed by atoms with E-state index in [-0.39, 0.29) is 18.1 Å². The molecule has 0 aliphatic heterocycles. The molecule has 0 unspecified atom stereocenters. The second kappa shape index (κ2) is 3.58. The highest BCUT2D eigenvalue weighted by molar-refractivity contribution is 4.96. The summed E-state index contributed by atoms with van der Waals surface area (Å²) in [6.45, 7) is 0.185. The van der Waals surface area contributed by atoms with E-state index in [1.165, 1.54) is 32.1 Å². The van der Waals surface area contributed by atoms with E-state index in [4.69, 9.17) is 0 Å². The maximum atomic E-state index is 10.2. The Kier molecular flexibility index (Phi) is 2.61. The molecule has 2 N–H and O–H groups in total. The molecule has 2 fully saturated rings. The molecule has 0 aromatic carbocycles. The molecule has 0 spiro atoms. The third-order valence-corrected chi connectivity index (χ3v) is 4.14. The van der Waals surface area contributed by atoms with Crippen LogP contribution in [0.3, 0.4) is 0 Å². The summed E-state index contributed by atoms with van der Waals surface area (Å²) in [6, 6.07) is 0. The van der Waals surface area contributed by atoms with Gasteiger partial charge in [0.05, 0.1) is 12.7 Å². The second-order valence-electron chi connectivity index (χ2n) is 4.86. The standard InChI is InChI=1S/C11H20O2/c12-8-11(6-3-7-11)10(13)9-4-1-2-5-9/h9-10,12-13H,1-8H2/t10-/m1/s1. The van der Waals surface area contributed by atoms with Crippen LogP contribution >= 0.6 is 0 Å². The molecular weight excluding hydrogens is 164 g/mol. The highest BCUT2D eigenvalue weighted by Crippen LogP contribution is 2.48. The normalized spacial score (nSPS) is 30.0. The first kappa shape index (κ1) is 9.47. The molecular formula is C11H20O2. The molecule has 2 nitrogen and oxygen atoms in total. The van der Waals surface area contributed by atoms with Crippen LogP contribution in [0.15, 0.2) is 0 Å². The van der Waals surface area contributed by atoms with Gasteiger partial charge in [0.1, 0.15) is 0 Å². The van der Waals surface area contributed by atoms with Crippen molar-refractivity contribution in [3.05, 3.63) is 0 Å². The average molecular weight is 184 g/mol. The molecule has 1 atom stereocenters. The van der Waals surface area contributed by atoms with Gasteiger partial charge in [-0.25, -0.2) is 0 Å². The van der Waals surface area contributed by atoms with Crippen LogP contribution in [0.25, 0.3) is 0 Å². The van der Waals surface area contributed by atoms with Crippen LogP contribution in [0.4, 0.5) is 0 Å². The Bertz CT molecular complexity index is 163. The van der Waals surface area contributed by atoms with E-state index in [9.17, 15) is 10.2 Å². The summed E-state index contributed by atoms with van der Waals surface area (Å²) in [5, 5.41) is 19.5. The largest absolute Gasteiger partial charge is 0.396 e. The molecule has 0 radical (unpaired) electrons. The van der Waals surface area contributed by atoms with Crippen LogP contribution in [-0.2, 0) is 0 Å². The van der Waals surface area contributed by atoms with Crippen molar-refractivity contribution in [2.24, 2.45) is 11.3 Å². The Balaban J connectivity index is 1.97. The number of hydrogen-bond acceptors (Lipinski definition) is 2. The summed E-state index contributed by atoms with van der Waals surface area (Å²) in [5.74, 6) is 0.479. The van der Waals surface area contributed by atoms with Gasteiger partial charge in [0.15, 0.2) is 0 Å². The van der Waals surface area contributed by atoms with Gasteiger partial charge in [0.25, 0.3) is 0 Å². The molecule has 2 heteroatoms. The Hall–Kier alpha value is -0.0800. The highest BCUT2D eigenvalue weighted by Gasteiger charge is 2.46. The van der Waals surface area contributed by atoms with E-state index in [1.807, 2.05) is 0 Å². The van der Waals surface area contributed by atoms with Crippen LogP contribution in [0.5, 0.6) is 0 Å². The first-order valence-electron chi connectivity index (χ1n) is 5.57. The number of aliphatic hydroxyl groups excluding tert-OH is 2. The van der Waals surface area contributed by atoms with Gasteiger partial charge < -0.3 is 10.2 Å². The lowest BCUT2D eigenvalue weighted by atomic mass is 9.62. The Morgan fingerprint density at radius 2 is 1.77 bits per heavy atom. The predicted molar refractivity (Wildman–Crippen MR) is 51.3 cm³/mol. The Morgan fingerprint density at radius 1 is 1.15 bits per heavy atom. The molecule has 0 aromatic heterocycles. The van der Waals surface area contributed by atoms with Crippen LogP contribution in [-0.4, -0.2) is 22.9 Å². The van der Waals surface area contributed by atoms with E-state index in [2.05, 4.69) is 0 Å². The van der Waals surface area contributed by atoms with E-state index >= 15 is 0 Å². The van der Waals surface area contributed by atoms with Gasteiger partial charge in [0, 0.05) is 5.41 Å². The van der Waals surface area contributed by atoms with Crippen molar-refractivity contribution in [3.8, 4) is 0 Å². The van der Waals surface area contributed by atoms with Crippen molar-refractivity contribution in [3.63, 3.8) is 0 Å². The SMILES string of the molecule is OCC1([C@H](O)C2CCCC2)CCC1. The van der Waals surface area contributed by atoms with Crippen LogP contribution in [0.1, 0.15) is 44.9 Å². The lowest BCUT2D eigenvalue weighted by Gasteiger charge is -2.46. The maximum Gasteiger partial charge on any atom is 0.0646 e. The maximum absolute atomic E-state index is 10.2. The monoisotopic (exact) mass is 184 g/mol. The molecule has 76 valence electrons. The summed E-state index contributed by atoms with van der Waals surface area (Å²) in [5.41, 5.74) is -0.102. The molecule has 0 amide bonds. The van der Waals surface area contributed by atoms with Gasteiger partial charge in [0.2, 0.25) is 0 Å². The molecule has 2 rings (SSSR count). The van der Waals surface area contributed by atoms with Gasteiger partial charge in [-0.3, -0.25) is 0 Å². The van der Waals surface area contributed by atoms with Gasteiger partial charge in [-0.2, -0.15) is 0 Å². The van der Waals surface area contributed by atoms with Crippen LogP contribution < -0.4 is 0 Å². The quantitative estimate of drug-likeness (QED) is 0.701. The first-order chi connectivity index (χ1) is 6.28. The minimum Gasteiger partial charge on any atom is -0.396 e. The number of rotatable bonds is 3. The third-order valence-electron chi connectivity index (χ3n) is 4.14. The van der Waals surface area contributed by atoms with Crippen LogP contribution in [0.2, 0.25) is 0 Å². The Labute approximate surface area is 80.0 Å². The fourth-order valence-electron chi connectivity index (χ4n) is 2.95. The predicted octanol–water partition coefficient (Wildman–Crippen LogP) is 1.70. The first-order valence-corrected chi connectivity index (χ1v) is 5.57. The summed E-state index contributed by atoms with van der Waals surface area (Å²) in [6.07, 6.45) is 7.89. The fourth-order valence-corrected chi connectivity index (χ4v) is 2.95. The van der Waals surface area contributed by atoms with Crippen molar-refractivity contribution < 1.29 is 10.2 Å². The van der Waals surface area contributed by atoms with Crippen LogP contribution in [0, 0.1) is 11.3 Å². The van der Waals surface area contributed by atoms with Crippen molar-refractivity contribution >= 4 is 0 Å². The summed E-state index contributed by atoms with van der Waals surface area (Å²) in [7, 11) is 0. The number of aliphatic hydroxyl groups is 2. The summed E-state index contributed by atoms with van der Waals surface area (Å²) in [4.78, 5) is 0. The second-order valence-corrected chi connectivity index (χ2v) is 4.86. The lowest BCUT2D eigenvalue weighted by molar-refractivity contribution is -0.0967. The van der Waals surface area contributed by atoms with E-state index in [0.29, 0.717) is 5.92 Å². The summed E-state index contributed by atoms with van der Waals surface area (Å²) < 4.78 is 0. The van der Waals surface area contributed by atoms with Crippen molar-refractivity contribution in [1.82, 2.24) is 0 Å². The zero-order chi connectivity index (χ0) is 9.31. The van der Waals surface area contributed by atoms with Gasteiger partial charge in [-0.15, -0.1) is 0 Å². The van der Waals surface area contributed by atoms with Gasteiger partial charge >= 0.3 is 0 Å². The molecule has 0 saturated heterocycles. The molecule has 0 aromatic rings. The summed E-state index contributed by atoms with van der Waals surface area (Å²) >= 11 is 0. The third kappa shape index (κ3) is 1.50. The van der Waals surface area contributed by atoms with Crippen molar-refractivity contribution in [1.29, 1.82) is 0 Å². The lowest BCUT2D eigenvalue weighted by Crippen LogP contribution is -2.47. The Morgan fingerprint density at radius 3 is 2.15 bits per heavy atom. The van der Waals surface area contributed by atoms with Crippen molar-refractivity contribution in [2.75, 3.05) is 6.61 Å². The van der Waals surface area contributed by atoms with E-state index in [0.717, 1.165) is 12.8 Å². The van der Waals surface area contributed by atoms with Gasteiger partial charge in [-0.1, -0.05) is 19.3 Å². The molecule has 0 heterocycles. The highest BCUT2D eigenvalue weighted by atomic mass is 16.3. The minimum absolute atomic E-state index is 0.102. The van der Waals surface area contributed by atoms with Crippen molar-refractivity contribution in [2.45, 2.75) is 51.0 Å². The topological polar surface area (TPSA) is 40.5 Å². The minimum atomic E-state index is -0.228. The zero-order valence-corrected chi connectivity index (χ0v) is 8.21. The van der Waals surface area contributed by atoms with Gasteiger partial charge in [-0.05, 0) is 31.6 Å². The zero-order valence-electron chi connectivity index (χ0n) is 8.21. The molecule has 13 heavy (non-hydrogen) atoms. The molecule has 2 saturated carbocycles. The molecule has 2 aliphatic rings. The number of hydrogen-bond donors (Lipinski definition) is 2. The van der Waals surface area contributed by atoms with E-state index < -0.39 is 0 Å².